The molecule has 0 radical (unpaired) electrons. The van der Waals surface area contributed by atoms with E-state index in [-0.39, 0.29) is 11.7 Å². The molecule has 1 rings (SSSR count). The Labute approximate surface area is 86.0 Å². The fourth-order valence-corrected chi connectivity index (χ4v) is 3.00. The smallest absolute Gasteiger partial charge is 0.265 e. The molecule has 1 heterocycles. The number of piperidine rings is 1. The first-order chi connectivity index (χ1) is 6.38. The molecule has 1 atom stereocenters. The number of hydrogen-bond acceptors (Lipinski definition) is 3. The molecule has 5 heteroatoms. The van der Waals surface area contributed by atoms with Gasteiger partial charge in [0, 0.05) is 0 Å². The zero-order valence-electron chi connectivity index (χ0n) is 8.81. The van der Waals surface area contributed by atoms with Crippen LogP contribution in [-0.4, -0.2) is 43.8 Å². The molecule has 0 spiro atoms. The zero-order chi connectivity index (χ0) is 10.8. The number of nitrogens with zero attached hydrogens (tertiary/aromatic N) is 1. The molecule has 0 bridgehead atoms. The minimum absolute atomic E-state index is 0.0682. The second kappa shape index (κ2) is 4.59. The van der Waals surface area contributed by atoms with Gasteiger partial charge in [0.05, 0.1) is 5.75 Å². The standard InChI is InChI=1S/C9H19NO3S/c1-8(7-14(11,12)13)9-3-5-10(2)6-4-9/h8-9H,3-7H2,1-2H3,(H,11,12,13). The lowest BCUT2D eigenvalue weighted by molar-refractivity contribution is 0.185. The summed E-state index contributed by atoms with van der Waals surface area (Å²) in [7, 11) is -1.73. The van der Waals surface area contributed by atoms with Gasteiger partial charge in [0.1, 0.15) is 0 Å². The molecular weight excluding hydrogens is 202 g/mol. The predicted octanol–water partition coefficient (Wildman–Crippen LogP) is 0.852. The lowest BCUT2D eigenvalue weighted by Crippen LogP contribution is -2.34. The monoisotopic (exact) mass is 221 g/mol. The molecule has 1 saturated heterocycles. The number of likely N-dealkylation sites (tertiary alicyclic amines) is 1. The van der Waals surface area contributed by atoms with E-state index in [4.69, 9.17) is 4.55 Å². The molecule has 0 saturated carbocycles. The first-order valence-electron chi connectivity index (χ1n) is 5.02. The zero-order valence-corrected chi connectivity index (χ0v) is 9.63. The van der Waals surface area contributed by atoms with Gasteiger partial charge < -0.3 is 4.90 Å². The van der Waals surface area contributed by atoms with Crippen LogP contribution in [0.3, 0.4) is 0 Å². The van der Waals surface area contributed by atoms with Crippen molar-refractivity contribution >= 4 is 10.1 Å². The van der Waals surface area contributed by atoms with E-state index in [1.807, 2.05) is 6.92 Å². The fraction of sp³-hybridized carbons (Fsp3) is 1.00. The van der Waals surface area contributed by atoms with Crippen molar-refractivity contribution in [2.24, 2.45) is 11.8 Å². The first kappa shape index (κ1) is 11.9. The van der Waals surface area contributed by atoms with Crippen molar-refractivity contribution in [1.82, 2.24) is 4.90 Å². The molecule has 0 aliphatic carbocycles. The van der Waals surface area contributed by atoms with Crippen LogP contribution in [0.1, 0.15) is 19.8 Å². The van der Waals surface area contributed by atoms with Gasteiger partial charge in [-0.25, -0.2) is 0 Å². The maximum Gasteiger partial charge on any atom is 0.265 e. The van der Waals surface area contributed by atoms with Crippen LogP contribution >= 0.6 is 0 Å². The Hall–Kier alpha value is -0.130. The normalized spacial score (nSPS) is 23.6. The molecule has 0 aromatic carbocycles. The van der Waals surface area contributed by atoms with Gasteiger partial charge in [-0.05, 0) is 44.8 Å². The third-order valence-electron chi connectivity index (χ3n) is 3.04. The Morgan fingerprint density at radius 1 is 1.43 bits per heavy atom. The second-order valence-corrected chi connectivity index (χ2v) is 5.86. The van der Waals surface area contributed by atoms with E-state index in [0.717, 1.165) is 25.9 Å². The topological polar surface area (TPSA) is 57.6 Å². The lowest BCUT2D eigenvalue weighted by Gasteiger charge is -2.32. The molecule has 0 aromatic heterocycles. The summed E-state index contributed by atoms with van der Waals surface area (Å²) in [5.74, 6) is 0.410. The minimum Gasteiger partial charge on any atom is -0.306 e. The molecule has 84 valence electrons. The third-order valence-corrected chi connectivity index (χ3v) is 3.99. The predicted molar refractivity (Wildman–Crippen MR) is 55.8 cm³/mol. The van der Waals surface area contributed by atoms with Crippen LogP contribution in [0.15, 0.2) is 0 Å². The van der Waals surface area contributed by atoms with E-state index >= 15 is 0 Å². The van der Waals surface area contributed by atoms with Gasteiger partial charge >= 0.3 is 0 Å². The van der Waals surface area contributed by atoms with Gasteiger partial charge in [-0.2, -0.15) is 8.42 Å². The highest BCUT2D eigenvalue weighted by molar-refractivity contribution is 7.85. The van der Waals surface area contributed by atoms with Gasteiger partial charge in [-0.15, -0.1) is 0 Å². The summed E-state index contributed by atoms with van der Waals surface area (Å²) in [4.78, 5) is 2.25. The fourth-order valence-electron chi connectivity index (χ4n) is 2.07. The highest BCUT2D eigenvalue weighted by Crippen LogP contribution is 2.24. The van der Waals surface area contributed by atoms with Crippen LogP contribution in [0.5, 0.6) is 0 Å². The second-order valence-electron chi connectivity index (χ2n) is 4.37. The van der Waals surface area contributed by atoms with Crippen molar-refractivity contribution in [1.29, 1.82) is 0 Å². The maximum atomic E-state index is 10.7. The van der Waals surface area contributed by atoms with Crippen LogP contribution in [0.4, 0.5) is 0 Å². The van der Waals surface area contributed by atoms with E-state index in [1.165, 1.54) is 0 Å². The van der Waals surface area contributed by atoms with Crippen molar-refractivity contribution < 1.29 is 13.0 Å². The lowest BCUT2D eigenvalue weighted by atomic mass is 9.87. The van der Waals surface area contributed by atoms with E-state index in [9.17, 15) is 8.42 Å². The summed E-state index contributed by atoms with van der Waals surface area (Å²) in [5, 5.41) is 0. The molecule has 14 heavy (non-hydrogen) atoms. The summed E-state index contributed by atoms with van der Waals surface area (Å²) in [6, 6.07) is 0. The number of hydrogen-bond donors (Lipinski definition) is 1. The van der Waals surface area contributed by atoms with Gasteiger partial charge in [-0.1, -0.05) is 6.92 Å². The molecule has 1 aliphatic rings. The molecule has 1 fully saturated rings. The van der Waals surface area contributed by atoms with Crippen molar-refractivity contribution in [2.45, 2.75) is 19.8 Å². The molecule has 0 aromatic rings. The molecule has 1 unspecified atom stereocenters. The molecule has 1 aliphatic heterocycles. The molecule has 1 N–H and O–H groups in total. The summed E-state index contributed by atoms with van der Waals surface area (Å²) in [6.45, 7) is 3.96. The number of rotatable bonds is 3. The Bertz CT molecular complexity index is 268. The van der Waals surface area contributed by atoms with Crippen molar-refractivity contribution in [2.75, 3.05) is 25.9 Å². The molecule has 0 amide bonds. The van der Waals surface area contributed by atoms with Crippen LogP contribution < -0.4 is 0 Å². The van der Waals surface area contributed by atoms with Crippen LogP contribution in [0, 0.1) is 11.8 Å². The first-order valence-corrected chi connectivity index (χ1v) is 6.63. The quantitative estimate of drug-likeness (QED) is 0.718. The van der Waals surface area contributed by atoms with E-state index in [2.05, 4.69) is 11.9 Å². The Morgan fingerprint density at radius 3 is 2.36 bits per heavy atom. The Morgan fingerprint density at radius 2 is 1.93 bits per heavy atom. The van der Waals surface area contributed by atoms with Gasteiger partial charge in [-0.3, -0.25) is 4.55 Å². The summed E-state index contributed by atoms with van der Waals surface area (Å²) in [5.41, 5.74) is 0. The van der Waals surface area contributed by atoms with Crippen molar-refractivity contribution in [3.8, 4) is 0 Å². The van der Waals surface area contributed by atoms with Crippen molar-refractivity contribution in [3.63, 3.8) is 0 Å². The van der Waals surface area contributed by atoms with Gasteiger partial charge in [0.2, 0.25) is 0 Å². The highest BCUT2D eigenvalue weighted by atomic mass is 32.2. The minimum atomic E-state index is -3.80. The van der Waals surface area contributed by atoms with Crippen LogP contribution in [0.25, 0.3) is 0 Å². The third kappa shape index (κ3) is 3.94. The van der Waals surface area contributed by atoms with Gasteiger partial charge in [0.15, 0.2) is 0 Å². The van der Waals surface area contributed by atoms with E-state index in [1.54, 1.807) is 0 Å². The van der Waals surface area contributed by atoms with Gasteiger partial charge in [0.25, 0.3) is 10.1 Å². The summed E-state index contributed by atoms with van der Waals surface area (Å²) in [6.07, 6.45) is 2.07. The SMILES string of the molecule is CC(CS(=O)(=O)O)C1CCN(C)CC1. The largest absolute Gasteiger partial charge is 0.306 e. The van der Waals surface area contributed by atoms with E-state index in [0.29, 0.717) is 5.92 Å². The highest BCUT2D eigenvalue weighted by Gasteiger charge is 2.25. The van der Waals surface area contributed by atoms with Crippen LogP contribution in [-0.2, 0) is 10.1 Å². The maximum absolute atomic E-state index is 10.7. The summed E-state index contributed by atoms with van der Waals surface area (Å²) < 4.78 is 30.1. The van der Waals surface area contributed by atoms with Crippen molar-refractivity contribution in [3.05, 3.63) is 0 Å². The Kier molecular flexibility index (Phi) is 3.92. The Balaban J connectivity index is 2.42. The van der Waals surface area contributed by atoms with E-state index < -0.39 is 10.1 Å². The average Bonchev–Trinajstić information content (AvgIpc) is 2.02. The average molecular weight is 221 g/mol. The van der Waals surface area contributed by atoms with Crippen LogP contribution in [0.2, 0.25) is 0 Å². The molecular formula is C9H19NO3S. The molecule has 4 nitrogen and oxygen atoms in total. The summed E-state index contributed by atoms with van der Waals surface area (Å²) >= 11 is 0.